The summed E-state index contributed by atoms with van der Waals surface area (Å²) in [6.07, 6.45) is 3.83. The number of halogens is 1. The van der Waals surface area contributed by atoms with Gasteiger partial charge in [-0.1, -0.05) is 0 Å². The Morgan fingerprint density at radius 2 is 1.95 bits per heavy atom. The number of nitrogens with zero attached hydrogens (tertiary/aromatic N) is 2. The molecule has 0 radical (unpaired) electrons. The molecule has 1 aliphatic rings. The lowest BCUT2D eigenvalue weighted by atomic mass is 10.3. The monoisotopic (exact) mass is 308 g/mol. The Morgan fingerprint density at radius 1 is 1.27 bits per heavy atom. The molecule has 116 valence electrons. The maximum Gasteiger partial charge on any atom is 0.336 e. The minimum Gasteiger partial charge on any atom is -0.420 e. The first-order valence-electron chi connectivity index (χ1n) is 6.60. The lowest BCUT2D eigenvalue weighted by Gasteiger charge is -2.11. The number of likely N-dealkylation sites (tertiary alicyclic amines) is 1. The van der Waals surface area contributed by atoms with Gasteiger partial charge in [-0.15, -0.1) is 0 Å². The Bertz CT molecular complexity index is 638. The number of nitro groups is 1. The number of carbonyl (C=O) groups excluding carboxylic acids is 2. The van der Waals surface area contributed by atoms with E-state index in [1.54, 1.807) is 4.90 Å². The van der Waals surface area contributed by atoms with E-state index < -0.39 is 28.1 Å². The average molecular weight is 308 g/mol. The molecule has 1 aromatic carbocycles. The summed E-state index contributed by atoms with van der Waals surface area (Å²) < 4.78 is 18.2. The van der Waals surface area contributed by atoms with E-state index in [1.807, 2.05) is 0 Å². The van der Waals surface area contributed by atoms with E-state index in [1.165, 1.54) is 0 Å². The first-order valence-corrected chi connectivity index (χ1v) is 6.60. The molecule has 1 aromatic rings. The van der Waals surface area contributed by atoms with Gasteiger partial charge >= 0.3 is 5.97 Å². The van der Waals surface area contributed by atoms with Crippen LogP contribution in [-0.2, 0) is 9.59 Å². The summed E-state index contributed by atoms with van der Waals surface area (Å²) in [4.78, 5) is 34.5. The number of hydrogen-bond donors (Lipinski definition) is 0. The largest absolute Gasteiger partial charge is 0.420 e. The molecule has 0 atom stereocenters. The minimum atomic E-state index is -1.03. The summed E-state index contributed by atoms with van der Waals surface area (Å²) in [5.41, 5.74) is -0.447. The Morgan fingerprint density at radius 3 is 2.55 bits per heavy atom. The van der Waals surface area contributed by atoms with E-state index in [0.29, 0.717) is 19.2 Å². The normalized spacial score (nSPS) is 14.3. The van der Waals surface area contributed by atoms with Crippen LogP contribution in [0.5, 0.6) is 5.75 Å². The van der Waals surface area contributed by atoms with Crippen molar-refractivity contribution in [2.24, 2.45) is 0 Å². The van der Waals surface area contributed by atoms with Crippen molar-refractivity contribution in [3.8, 4) is 5.75 Å². The predicted molar refractivity (Wildman–Crippen MR) is 73.6 cm³/mol. The molecule has 22 heavy (non-hydrogen) atoms. The number of amides is 1. The average Bonchev–Trinajstić information content (AvgIpc) is 3.01. The summed E-state index contributed by atoms with van der Waals surface area (Å²) in [6.45, 7) is 1.30. The first-order chi connectivity index (χ1) is 10.5. The molecule has 1 aliphatic heterocycles. The number of rotatable bonds is 4. The molecule has 2 rings (SSSR count). The second-order valence-electron chi connectivity index (χ2n) is 4.66. The van der Waals surface area contributed by atoms with Crippen LogP contribution in [-0.4, -0.2) is 34.8 Å². The zero-order chi connectivity index (χ0) is 16.1. The standard InChI is InChI=1S/C14H13FN2O5/c15-11-9-10(17(20)21)3-4-12(11)22-14(19)6-5-13(18)16-7-1-2-8-16/h3-6,9H,1-2,7-8H2/b6-5+. The third kappa shape index (κ3) is 3.87. The second kappa shape index (κ2) is 6.79. The van der Waals surface area contributed by atoms with E-state index in [0.717, 1.165) is 37.1 Å². The van der Waals surface area contributed by atoms with E-state index in [9.17, 15) is 24.1 Å². The molecule has 7 nitrogen and oxygen atoms in total. The number of hydrogen-bond acceptors (Lipinski definition) is 5. The van der Waals surface area contributed by atoms with Crippen LogP contribution in [0.3, 0.4) is 0 Å². The molecular weight excluding hydrogens is 295 g/mol. The fourth-order valence-electron chi connectivity index (χ4n) is 2.01. The van der Waals surface area contributed by atoms with Crippen LogP contribution in [0.2, 0.25) is 0 Å². The van der Waals surface area contributed by atoms with Crippen LogP contribution in [0.25, 0.3) is 0 Å². The van der Waals surface area contributed by atoms with Gasteiger partial charge in [-0.25, -0.2) is 9.18 Å². The Balaban J connectivity index is 1.96. The van der Waals surface area contributed by atoms with E-state index >= 15 is 0 Å². The van der Waals surface area contributed by atoms with Gasteiger partial charge in [0.1, 0.15) is 0 Å². The zero-order valence-electron chi connectivity index (χ0n) is 11.5. The highest BCUT2D eigenvalue weighted by molar-refractivity contribution is 5.95. The fourth-order valence-corrected chi connectivity index (χ4v) is 2.01. The van der Waals surface area contributed by atoms with Gasteiger partial charge in [-0.3, -0.25) is 14.9 Å². The van der Waals surface area contributed by atoms with Crippen LogP contribution < -0.4 is 4.74 Å². The Kier molecular flexibility index (Phi) is 4.82. The van der Waals surface area contributed by atoms with Gasteiger partial charge < -0.3 is 9.64 Å². The van der Waals surface area contributed by atoms with Crippen molar-refractivity contribution in [2.75, 3.05) is 13.1 Å². The maximum absolute atomic E-state index is 13.5. The molecular formula is C14H13FN2O5. The highest BCUT2D eigenvalue weighted by Crippen LogP contribution is 2.22. The Labute approximate surface area is 125 Å². The second-order valence-corrected chi connectivity index (χ2v) is 4.66. The van der Waals surface area contributed by atoms with Crippen molar-refractivity contribution in [1.29, 1.82) is 0 Å². The molecule has 1 heterocycles. The quantitative estimate of drug-likeness (QED) is 0.278. The number of ether oxygens (including phenoxy) is 1. The summed E-state index contributed by atoms with van der Waals surface area (Å²) in [7, 11) is 0. The van der Waals surface area contributed by atoms with E-state index in [4.69, 9.17) is 4.74 Å². The van der Waals surface area contributed by atoms with Crippen LogP contribution in [0, 0.1) is 15.9 Å². The van der Waals surface area contributed by atoms with Crippen molar-refractivity contribution in [2.45, 2.75) is 12.8 Å². The molecule has 1 amide bonds. The summed E-state index contributed by atoms with van der Waals surface area (Å²) in [5, 5.41) is 10.5. The molecule has 0 saturated carbocycles. The fraction of sp³-hybridized carbons (Fsp3) is 0.286. The van der Waals surface area contributed by atoms with Gasteiger partial charge in [0.15, 0.2) is 11.6 Å². The van der Waals surface area contributed by atoms with Gasteiger partial charge in [0.2, 0.25) is 5.91 Å². The van der Waals surface area contributed by atoms with Crippen molar-refractivity contribution in [3.05, 3.63) is 46.3 Å². The molecule has 1 fully saturated rings. The van der Waals surface area contributed by atoms with Crippen molar-refractivity contribution in [1.82, 2.24) is 4.90 Å². The highest BCUT2D eigenvalue weighted by atomic mass is 19.1. The third-order valence-corrected chi connectivity index (χ3v) is 3.12. The van der Waals surface area contributed by atoms with E-state index in [2.05, 4.69) is 0 Å². The summed E-state index contributed by atoms with van der Waals surface area (Å²) in [6, 6.07) is 2.66. The first kappa shape index (κ1) is 15.6. The zero-order valence-corrected chi connectivity index (χ0v) is 11.5. The molecule has 1 saturated heterocycles. The number of benzene rings is 1. The van der Waals surface area contributed by atoms with Gasteiger partial charge in [0.05, 0.1) is 11.0 Å². The number of non-ortho nitro benzene ring substituents is 1. The molecule has 0 aromatic heterocycles. The lowest BCUT2D eigenvalue weighted by molar-refractivity contribution is -0.385. The van der Waals surface area contributed by atoms with Crippen LogP contribution >= 0.6 is 0 Å². The minimum absolute atomic E-state index is 0.307. The van der Waals surface area contributed by atoms with Gasteiger partial charge in [0, 0.05) is 31.3 Å². The van der Waals surface area contributed by atoms with Gasteiger partial charge in [0.25, 0.3) is 5.69 Å². The topological polar surface area (TPSA) is 89.8 Å². The molecule has 8 heteroatoms. The smallest absolute Gasteiger partial charge is 0.336 e. The van der Waals surface area contributed by atoms with Crippen molar-refractivity contribution < 1.29 is 23.6 Å². The Hall–Kier alpha value is -2.77. The summed E-state index contributed by atoms with van der Waals surface area (Å²) >= 11 is 0. The molecule has 0 N–H and O–H groups in total. The number of nitro benzene ring substituents is 1. The third-order valence-electron chi connectivity index (χ3n) is 3.12. The van der Waals surface area contributed by atoms with Gasteiger partial charge in [-0.05, 0) is 18.9 Å². The molecule has 0 spiro atoms. The molecule has 0 bridgehead atoms. The van der Waals surface area contributed by atoms with E-state index in [-0.39, 0.29) is 5.91 Å². The van der Waals surface area contributed by atoms with Crippen molar-refractivity contribution >= 4 is 17.6 Å². The predicted octanol–water partition coefficient (Wildman–Crippen LogP) is 1.82. The maximum atomic E-state index is 13.5. The van der Waals surface area contributed by atoms with Crippen molar-refractivity contribution in [3.63, 3.8) is 0 Å². The molecule has 0 unspecified atom stereocenters. The molecule has 0 aliphatic carbocycles. The SMILES string of the molecule is O=C(/C=C/C(=O)N1CCCC1)Oc1ccc([N+](=O)[O-])cc1F. The van der Waals surface area contributed by atoms with Crippen LogP contribution in [0.15, 0.2) is 30.4 Å². The number of carbonyl (C=O) groups is 2. The summed E-state index contributed by atoms with van der Waals surface area (Å²) in [5.74, 6) is -2.70. The lowest BCUT2D eigenvalue weighted by Crippen LogP contribution is -2.25. The van der Waals surface area contributed by atoms with Crippen LogP contribution in [0.1, 0.15) is 12.8 Å². The van der Waals surface area contributed by atoms with Gasteiger partial charge in [-0.2, -0.15) is 0 Å². The highest BCUT2D eigenvalue weighted by Gasteiger charge is 2.16. The number of esters is 1. The van der Waals surface area contributed by atoms with Crippen LogP contribution in [0.4, 0.5) is 10.1 Å².